The quantitative estimate of drug-likeness (QED) is 0.849. The van der Waals surface area contributed by atoms with Gasteiger partial charge in [-0.25, -0.2) is 0 Å². The average molecular weight is 233 g/mol. The molecular weight excluding hydrogens is 214 g/mol. The van der Waals surface area contributed by atoms with E-state index in [1.165, 1.54) is 18.5 Å². The normalized spacial score (nSPS) is 29.4. The fraction of sp³-hybridized carbons (Fsp3) is 0.571. The third kappa shape index (κ3) is 2.17. The van der Waals surface area contributed by atoms with Gasteiger partial charge in [0.15, 0.2) is 0 Å². The van der Waals surface area contributed by atoms with E-state index in [2.05, 4.69) is 17.0 Å². The molecule has 17 heavy (non-hydrogen) atoms. The van der Waals surface area contributed by atoms with E-state index in [1.54, 1.807) is 6.92 Å². The van der Waals surface area contributed by atoms with Crippen molar-refractivity contribution in [1.82, 2.24) is 0 Å². The molecule has 1 N–H and O–H groups in total. The number of aliphatic hydroxyl groups excluding tert-OH is 1. The number of morpholine rings is 1. The number of nitrogens with zero attached hydrogens (tertiary/aromatic N) is 1. The molecular formula is C14H19NO2. The molecule has 2 aliphatic heterocycles. The Morgan fingerprint density at radius 3 is 2.29 bits per heavy atom. The Hall–Kier alpha value is -1.06. The molecule has 3 nitrogen and oxygen atoms in total. The zero-order chi connectivity index (χ0) is 11.8. The monoisotopic (exact) mass is 233 g/mol. The van der Waals surface area contributed by atoms with Gasteiger partial charge in [0, 0.05) is 18.8 Å². The van der Waals surface area contributed by atoms with Crippen LogP contribution in [0.3, 0.4) is 0 Å². The van der Waals surface area contributed by atoms with E-state index in [4.69, 9.17) is 4.74 Å². The lowest BCUT2D eigenvalue weighted by Crippen LogP contribution is -2.42. The van der Waals surface area contributed by atoms with Crippen LogP contribution < -0.4 is 4.90 Å². The van der Waals surface area contributed by atoms with Crippen molar-refractivity contribution in [2.75, 3.05) is 18.0 Å². The molecule has 0 amide bonds. The first kappa shape index (κ1) is 11.1. The summed E-state index contributed by atoms with van der Waals surface area (Å²) in [6.07, 6.45) is 2.86. The number of rotatable bonds is 2. The van der Waals surface area contributed by atoms with Crippen LogP contribution >= 0.6 is 0 Å². The lowest BCUT2D eigenvalue weighted by atomic mass is 10.1. The first-order valence-electron chi connectivity index (χ1n) is 6.41. The van der Waals surface area contributed by atoms with Crippen LogP contribution in [0.1, 0.15) is 31.4 Å². The molecule has 3 atom stereocenters. The summed E-state index contributed by atoms with van der Waals surface area (Å²) >= 11 is 0. The van der Waals surface area contributed by atoms with E-state index in [1.807, 2.05) is 12.1 Å². The molecule has 1 aromatic carbocycles. The topological polar surface area (TPSA) is 32.7 Å². The highest BCUT2D eigenvalue weighted by Gasteiger charge is 2.33. The highest BCUT2D eigenvalue weighted by atomic mass is 16.5. The maximum absolute atomic E-state index is 9.49. The minimum absolute atomic E-state index is 0.384. The summed E-state index contributed by atoms with van der Waals surface area (Å²) in [6, 6.07) is 8.23. The maximum atomic E-state index is 9.49. The predicted octanol–water partition coefficient (Wildman–Crippen LogP) is 2.11. The van der Waals surface area contributed by atoms with E-state index in [-0.39, 0.29) is 6.10 Å². The minimum Gasteiger partial charge on any atom is -0.389 e. The fourth-order valence-electron chi connectivity index (χ4n) is 2.79. The van der Waals surface area contributed by atoms with Gasteiger partial charge in [-0.15, -0.1) is 0 Å². The SMILES string of the molecule is C[C@H](O)c1ccc(N2CC3CCC(C2)O3)cc1. The lowest BCUT2D eigenvalue weighted by Gasteiger charge is -2.34. The standard InChI is InChI=1S/C14H19NO2/c1-10(16)11-2-4-12(5-3-11)15-8-13-6-7-14(9-15)17-13/h2-5,10,13-14,16H,6-9H2,1H3/t10-,13?,14?/m0/s1. The van der Waals surface area contributed by atoms with E-state index in [9.17, 15) is 5.11 Å². The molecule has 0 radical (unpaired) electrons. The first-order chi connectivity index (χ1) is 8.22. The van der Waals surface area contributed by atoms with Crippen molar-refractivity contribution in [3.05, 3.63) is 29.8 Å². The molecule has 2 bridgehead atoms. The molecule has 2 aliphatic rings. The zero-order valence-electron chi connectivity index (χ0n) is 10.2. The van der Waals surface area contributed by atoms with Gasteiger partial charge >= 0.3 is 0 Å². The van der Waals surface area contributed by atoms with Crippen molar-refractivity contribution in [3.8, 4) is 0 Å². The molecule has 0 aliphatic carbocycles. The summed E-state index contributed by atoms with van der Waals surface area (Å²) in [5, 5.41) is 9.49. The van der Waals surface area contributed by atoms with E-state index >= 15 is 0 Å². The molecule has 1 aromatic rings. The molecule has 3 heteroatoms. The molecule has 3 rings (SSSR count). The van der Waals surface area contributed by atoms with Gasteiger partial charge in [-0.3, -0.25) is 0 Å². The van der Waals surface area contributed by atoms with Crippen molar-refractivity contribution >= 4 is 5.69 Å². The van der Waals surface area contributed by atoms with Gasteiger partial charge in [0.2, 0.25) is 0 Å². The third-order valence-electron chi connectivity index (χ3n) is 3.78. The Kier molecular flexibility index (Phi) is 2.81. The van der Waals surface area contributed by atoms with Gasteiger partial charge in [0.25, 0.3) is 0 Å². The van der Waals surface area contributed by atoms with Crippen LogP contribution in [-0.2, 0) is 4.74 Å². The van der Waals surface area contributed by atoms with Gasteiger partial charge in [-0.05, 0) is 37.5 Å². The Morgan fingerprint density at radius 1 is 1.18 bits per heavy atom. The second-order valence-corrected chi connectivity index (χ2v) is 5.13. The van der Waals surface area contributed by atoms with Gasteiger partial charge in [0.05, 0.1) is 18.3 Å². The van der Waals surface area contributed by atoms with Crippen LogP contribution in [0.25, 0.3) is 0 Å². The Labute approximate surface area is 102 Å². The summed E-state index contributed by atoms with van der Waals surface area (Å²) in [6.45, 7) is 3.80. The third-order valence-corrected chi connectivity index (χ3v) is 3.78. The summed E-state index contributed by atoms with van der Waals surface area (Å²) < 4.78 is 5.83. The summed E-state index contributed by atoms with van der Waals surface area (Å²) in [5.41, 5.74) is 2.22. The maximum Gasteiger partial charge on any atom is 0.0761 e. The zero-order valence-corrected chi connectivity index (χ0v) is 10.2. The first-order valence-corrected chi connectivity index (χ1v) is 6.41. The second-order valence-electron chi connectivity index (χ2n) is 5.13. The van der Waals surface area contributed by atoms with Crippen molar-refractivity contribution in [2.45, 2.75) is 38.1 Å². The van der Waals surface area contributed by atoms with Crippen molar-refractivity contribution in [1.29, 1.82) is 0 Å². The smallest absolute Gasteiger partial charge is 0.0761 e. The summed E-state index contributed by atoms with van der Waals surface area (Å²) in [5.74, 6) is 0. The number of hydrogen-bond donors (Lipinski definition) is 1. The van der Waals surface area contributed by atoms with Crippen molar-refractivity contribution < 1.29 is 9.84 Å². The molecule has 2 unspecified atom stereocenters. The molecule has 92 valence electrons. The van der Waals surface area contributed by atoms with Crippen LogP contribution in [-0.4, -0.2) is 30.4 Å². The Morgan fingerprint density at radius 2 is 1.76 bits per heavy atom. The van der Waals surface area contributed by atoms with Gasteiger partial charge in [-0.2, -0.15) is 0 Å². The van der Waals surface area contributed by atoms with E-state index < -0.39 is 0 Å². The summed E-state index contributed by atoms with van der Waals surface area (Å²) in [4.78, 5) is 2.40. The number of hydrogen-bond acceptors (Lipinski definition) is 3. The molecule has 0 spiro atoms. The van der Waals surface area contributed by atoms with Crippen LogP contribution in [0.4, 0.5) is 5.69 Å². The number of fused-ring (bicyclic) bond motifs is 2. The highest BCUT2D eigenvalue weighted by Crippen LogP contribution is 2.30. The predicted molar refractivity (Wildman–Crippen MR) is 67.2 cm³/mol. The molecule has 2 fully saturated rings. The second kappa shape index (κ2) is 4.31. The minimum atomic E-state index is -0.384. The number of aliphatic hydroxyl groups is 1. The molecule has 0 aromatic heterocycles. The van der Waals surface area contributed by atoms with Crippen LogP contribution in [0.5, 0.6) is 0 Å². The van der Waals surface area contributed by atoms with Gasteiger partial charge in [0.1, 0.15) is 0 Å². The van der Waals surface area contributed by atoms with Crippen LogP contribution in [0.2, 0.25) is 0 Å². The van der Waals surface area contributed by atoms with Gasteiger partial charge < -0.3 is 14.7 Å². The lowest BCUT2D eigenvalue weighted by molar-refractivity contribution is 0.0305. The largest absolute Gasteiger partial charge is 0.389 e. The molecule has 2 heterocycles. The Bertz CT molecular complexity index is 376. The van der Waals surface area contributed by atoms with Crippen LogP contribution in [0.15, 0.2) is 24.3 Å². The highest BCUT2D eigenvalue weighted by molar-refractivity contribution is 5.48. The fourth-order valence-corrected chi connectivity index (χ4v) is 2.79. The van der Waals surface area contributed by atoms with Crippen LogP contribution in [0, 0.1) is 0 Å². The number of benzene rings is 1. The Balaban J connectivity index is 1.75. The average Bonchev–Trinajstić information content (AvgIpc) is 2.68. The number of anilines is 1. The van der Waals surface area contributed by atoms with E-state index in [0.29, 0.717) is 12.2 Å². The van der Waals surface area contributed by atoms with Crippen molar-refractivity contribution in [2.24, 2.45) is 0 Å². The number of ether oxygens (including phenoxy) is 1. The van der Waals surface area contributed by atoms with Gasteiger partial charge in [-0.1, -0.05) is 12.1 Å². The van der Waals surface area contributed by atoms with E-state index in [0.717, 1.165) is 18.7 Å². The van der Waals surface area contributed by atoms with Crippen molar-refractivity contribution in [3.63, 3.8) is 0 Å². The summed E-state index contributed by atoms with van der Waals surface area (Å²) in [7, 11) is 0. The molecule has 0 saturated carbocycles. The molecule has 2 saturated heterocycles.